The van der Waals surface area contributed by atoms with Crippen molar-refractivity contribution in [2.45, 2.75) is 52.1 Å². The average molecular weight is 274 g/mol. The van der Waals surface area contributed by atoms with Crippen LogP contribution in [0, 0.1) is 5.92 Å². The van der Waals surface area contributed by atoms with Gasteiger partial charge in [-0.3, -0.25) is 0 Å². The van der Waals surface area contributed by atoms with Gasteiger partial charge in [-0.2, -0.15) is 0 Å². The Hall–Kier alpha value is -1.28. The summed E-state index contributed by atoms with van der Waals surface area (Å²) >= 11 is 0. The Morgan fingerprint density at radius 2 is 1.95 bits per heavy atom. The second-order valence-corrected chi connectivity index (χ2v) is 6.17. The number of aliphatic hydroxyl groups excluding tert-OH is 1. The van der Waals surface area contributed by atoms with Crippen LogP contribution in [0.15, 0.2) is 30.3 Å². The number of benzene rings is 1. The summed E-state index contributed by atoms with van der Waals surface area (Å²) in [5, 5.41) is 9.69. The van der Waals surface area contributed by atoms with E-state index in [2.05, 4.69) is 26.8 Å². The van der Waals surface area contributed by atoms with Crippen molar-refractivity contribution in [2.75, 3.05) is 6.61 Å². The summed E-state index contributed by atoms with van der Waals surface area (Å²) in [5.41, 5.74) is 1.79. The van der Waals surface area contributed by atoms with Crippen molar-refractivity contribution in [1.82, 2.24) is 0 Å². The van der Waals surface area contributed by atoms with E-state index in [4.69, 9.17) is 4.74 Å². The third kappa shape index (κ3) is 3.24. The van der Waals surface area contributed by atoms with E-state index >= 15 is 0 Å². The zero-order valence-corrected chi connectivity index (χ0v) is 12.9. The number of rotatable bonds is 6. The summed E-state index contributed by atoms with van der Waals surface area (Å²) in [6.07, 6.45) is 6.39. The lowest BCUT2D eigenvalue weighted by molar-refractivity contribution is 0.0884. The highest BCUT2D eigenvalue weighted by Gasteiger charge is 2.34. The summed E-state index contributed by atoms with van der Waals surface area (Å²) in [4.78, 5) is 0. The maximum absolute atomic E-state index is 9.69. The fraction of sp³-hybridized carbons (Fsp3) is 0.556. The molecule has 0 bridgehead atoms. The SMILES string of the molecule is CCCC1(CCC(C)C)C=C(CO)c2ccccc2O1. The molecular weight excluding hydrogens is 248 g/mol. The van der Waals surface area contributed by atoms with E-state index in [1.807, 2.05) is 24.3 Å². The van der Waals surface area contributed by atoms with Crippen LogP contribution in [0.4, 0.5) is 0 Å². The largest absolute Gasteiger partial charge is 0.483 e. The second-order valence-electron chi connectivity index (χ2n) is 6.17. The van der Waals surface area contributed by atoms with Gasteiger partial charge in [0.2, 0.25) is 0 Å². The molecule has 0 fully saturated rings. The van der Waals surface area contributed by atoms with Gasteiger partial charge in [0.05, 0.1) is 6.61 Å². The molecule has 0 spiro atoms. The third-order valence-corrected chi connectivity index (χ3v) is 3.97. The van der Waals surface area contributed by atoms with Crippen molar-refractivity contribution in [1.29, 1.82) is 0 Å². The number of para-hydroxylation sites is 1. The normalized spacial score (nSPS) is 21.4. The Balaban J connectivity index is 2.34. The van der Waals surface area contributed by atoms with Gasteiger partial charge in [0.25, 0.3) is 0 Å². The predicted molar refractivity (Wildman–Crippen MR) is 83.8 cm³/mol. The predicted octanol–water partition coefficient (Wildman–Crippen LogP) is 4.43. The first kappa shape index (κ1) is 15.1. The van der Waals surface area contributed by atoms with Gasteiger partial charge in [-0.15, -0.1) is 0 Å². The van der Waals surface area contributed by atoms with Crippen molar-refractivity contribution in [3.05, 3.63) is 35.9 Å². The number of hydrogen-bond acceptors (Lipinski definition) is 2. The van der Waals surface area contributed by atoms with E-state index in [0.29, 0.717) is 5.92 Å². The number of fused-ring (bicyclic) bond motifs is 1. The maximum Gasteiger partial charge on any atom is 0.128 e. The number of hydrogen-bond donors (Lipinski definition) is 1. The van der Waals surface area contributed by atoms with Gasteiger partial charge in [-0.05, 0) is 42.9 Å². The van der Waals surface area contributed by atoms with Crippen molar-refractivity contribution < 1.29 is 9.84 Å². The van der Waals surface area contributed by atoms with E-state index in [9.17, 15) is 5.11 Å². The van der Waals surface area contributed by atoms with E-state index < -0.39 is 0 Å². The molecule has 0 saturated carbocycles. The topological polar surface area (TPSA) is 29.5 Å². The smallest absolute Gasteiger partial charge is 0.128 e. The molecule has 20 heavy (non-hydrogen) atoms. The molecular formula is C18H26O2. The van der Waals surface area contributed by atoms with Crippen LogP contribution in [-0.4, -0.2) is 17.3 Å². The first-order valence-electron chi connectivity index (χ1n) is 7.71. The molecule has 0 radical (unpaired) electrons. The van der Waals surface area contributed by atoms with Gasteiger partial charge in [0.1, 0.15) is 11.4 Å². The molecule has 1 heterocycles. The molecule has 0 saturated heterocycles. The van der Waals surface area contributed by atoms with Crippen molar-refractivity contribution in [3.63, 3.8) is 0 Å². The second kappa shape index (κ2) is 6.45. The highest BCUT2D eigenvalue weighted by atomic mass is 16.5. The molecule has 110 valence electrons. The molecule has 1 aromatic rings. The van der Waals surface area contributed by atoms with Crippen LogP contribution in [0.1, 0.15) is 52.0 Å². The zero-order valence-electron chi connectivity index (χ0n) is 12.9. The summed E-state index contributed by atoms with van der Waals surface area (Å²) in [6, 6.07) is 8.03. The first-order chi connectivity index (χ1) is 9.60. The monoisotopic (exact) mass is 274 g/mol. The summed E-state index contributed by atoms with van der Waals surface area (Å²) in [5.74, 6) is 1.58. The Kier molecular flexibility index (Phi) is 4.87. The van der Waals surface area contributed by atoms with Gasteiger partial charge in [0.15, 0.2) is 0 Å². The average Bonchev–Trinajstić information content (AvgIpc) is 2.45. The number of ether oxygens (including phenoxy) is 1. The molecule has 1 aliphatic heterocycles. The van der Waals surface area contributed by atoms with E-state index in [-0.39, 0.29) is 12.2 Å². The Labute approximate surface area is 122 Å². The quantitative estimate of drug-likeness (QED) is 0.831. The van der Waals surface area contributed by atoms with E-state index in [1.165, 1.54) is 0 Å². The van der Waals surface area contributed by atoms with Crippen LogP contribution < -0.4 is 4.74 Å². The number of aliphatic hydroxyl groups is 1. The van der Waals surface area contributed by atoms with Crippen molar-refractivity contribution in [3.8, 4) is 5.75 Å². The molecule has 1 atom stereocenters. The van der Waals surface area contributed by atoms with E-state index in [1.54, 1.807) is 0 Å². The Bertz CT molecular complexity index is 476. The molecule has 0 aromatic heterocycles. The molecule has 1 aliphatic rings. The third-order valence-electron chi connectivity index (χ3n) is 3.97. The fourth-order valence-electron chi connectivity index (χ4n) is 2.92. The van der Waals surface area contributed by atoms with E-state index in [0.717, 1.165) is 42.6 Å². The lowest BCUT2D eigenvalue weighted by Gasteiger charge is -2.37. The lowest BCUT2D eigenvalue weighted by atomic mass is 9.84. The summed E-state index contributed by atoms with van der Waals surface area (Å²) < 4.78 is 6.35. The van der Waals surface area contributed by atoms with Crippen LogP contribution in [-0.2, 0) is 0 Å². The zero-order chi connectivity index (χ0) is 14.6. The van der Waals surface area contributed by atoms with Crippen LogP contribution in [0.2, 0.25) is 0 Å². The Morgan fingerprint density at radius 3 is 2.60 bits per heavy atom. The highest BCUT2D eigenvalue weighted by molar-refractivity contribution is 5.74. The molecule has 1 N–H and O–H groups in total. The fourth-order valence-corrected chi connectivity index (χ4v) is 2.92. The van der Waals surface area contributed by atoms with Gasteiger partial charge >= 0.3 is 0 Å². The van der Waals surface area contributed by atoms with Gasteiger partial charge in [-0.1, -0.05) is 45.4 Å². The summed E-state index contributed by atoms with van der Waals surface area (Å²) in [7, 11) is 0. The van der Waals surface area contributed by atoms with Crippen LogP contribution in [0.25, 0.3) is 5.57 Å². The molecule has 2 heteroatoms. The minimum atomic E-state index is -0.245. The summed E-state index contributed by atoms with van der Waals surface area (Å²) in [6.45, 7) is 6.75. The molecule has 0 amide bonds. The van der Waals surface area contributed by atoms with Crippen LogP contribution in [0.5, 0.6) is 5.75 Å². The molecule has 1 aromatic carbocycles. The van der Waals surface area contributed by atoms with Crippen LogP contribution in [0.3, 0.4) is 0 Å². The maximum atomic E-state index is 9.69. The first-order valence-corrected chi connectivity index (χ1v) is 7.71. The van der Waals surface area contributed by atoms with Gasteiger partial charge in [0, 0.05) is 5.56 Å². The van der Waals surface area contributed by atoms with Crippen molar-refractivity contribution in [2.24, 2.45) is 5.92 Å². The standard InChI is InChI=1S/C18H26O2/c1-4-10-18(11-9-14(2)3)12-15(13-19)16-7-5-6-8-17(16)20-18/h5-8,12,14,19H,4,9-11,13H2,1-3H3. The van der Waals surface area contributed by atoms with Gasteiger partial charge < -0.3 is 9.84 Å². The van der Waals surface area contributed by atoms with Crippen LogP contribution >= 0.6 is 0 Å². The van der Waals surface area contributed by atoms with Gasteiger partial charge in [-0.25, -0.2) is 0 Å². The molecule has 1 unspecified atom stereocenters. The minimum Gasteiger partial charge on any atom is -0.483 e. The molecule has 2 nitrogen and oxygen atoms in total. The Morgan fingerprint density at radius 1 is 1.20 bits per heavy atom. The van der Waals surface area contributed by atoms with Crippen molar-refractivity contribution >= 4 is 5.57 Å². The molecule has 0 aliphatic carbocycles. The highest BCUT2D eigenvalue weighted by Crippen LogP contribution is 2.40. The minimum absolute atomic E-state index is 0.0769. The molecule has 2 rings (SSSR count). The lowest BCUT2D eigenvalue weighted by Crippen LogP contribution is -2.37.